The first kappa shape index (κ1) is 25.0. The van der Waals surface area contributed by atoms with Crippen LogP contribution in [-0.4, -0.2) is 46.2 Å². The van der Waals surface area contributed by atoms with E-state index in [1.165, 1.54) is 7.11 Å². The molecule has 1 atom stereocenters. The van der Waals surface area contributed by atoms with Gasteiger partial charge in [-0.1, -0.05) is 28.9 Å². The minimum atomic E-state index is -0.713. The van der Waals surface area contributed by atoms with E-state index < -0.39 is 18.0 Å². The molecule has 1 aliphatic heterocycles. The number of aromatic nitrogens is 4. The van der Waals surface area contributed by atoms with Gasteiger partial charge in [0.1, 0.15) is 11.4 Å². The number of methoxy groups -OCH3 is 2. The summed E-state index contributed by atoms with van der Waals surface area (Å²) >= 11 is 6.08. The Morgan fingerprint density at radius 2 is 1.97 bits per heavy atom. The molecule has 11 nitrogen and oxygen atoms in total. The van der Waals surface area contributed by atoms with Crippen LogP contribution in [0.2, 0.25) is 5.02 Å². The van der Waals surface area contributed by atoms with E-state index in [9.17, 15) is 9.59 Å². The van der Waals surface area contributed by atoms with Gasteiger partial charge in [-0.2, -0.15) is 0 Å². The van der Waals surface area contributed by atoms with Gasteiger partial charge in [-0.3, -0.25) is 4.98 Å². The maximum atomic E-state index is 12.8. The number of halogens is 1. The van der Waals surface area contributed by atoms with Gasteiger partial charge in [-0.05, 0) is 42.0 Å². The van der Waals surface area contributed by atoms with Crippen LogP contribution >= 0.6 is 11.6 Å². The van der Waals surface area contributed by atoms with Crippen LogP contribution < -0.4 is 20.7 Å². The van der Waals surface area contributed by atoms with Gasteiger partial charge in [0.15, 0.2) is 0 Å². The summed E-state index contributed by atoms with van der Waals surface area (Å²) in [5.74, 6) is 0.0881. The van der Waals surface area contributed by atoms with Crippen LogP contribution in [0, 0.1) is 0 Å². The van der Waals surface area contributed by atoms with Crippen molar-refractivity contribution in [3.63, 3.8) is 0 Å². The van der Waals surface area contributed by atoms with Crippen LogP contribution in [0.1, 0.15) is 17.3 Å². The summed E-state index contributed by atoms with van der Waals surface area (Å²) in [5.41, 5.74) is 3.66. The number of carbonyl (C=O) groups excluding carboxylic acids is 2. The number of urea groups is 1. The van der Waals surface area contributed by atoms with Crippen molar-refractivity contribution < 1.29 is 19.1 Å². The predicted molar refractivity (Wildman–Crippen MR) is 141 cm³/mol. The highest BCUT2D eigenvalue weighted by Crippen LogP contribution is 2.29. The number of anilines is 1. The number of allylic oxidation sites excluding steroid dienone is 1. The van der Waals surface area contributed by atoms with Gasteiger partial charge in [0.25, 0.3) is 0 Å². The minimum Gasteiger partial charge on any atom is -0.497 e. The second kappa shape index (κ2) is 10.8. The Kier molecular flexibility index (Phi) is 7.09. The number of benzene rings is 2. The van der Waals surface area contributed by atoms with Gasteiger partial charge in [-0.25, -0.2) is 14.3 Å². The van der Waals surface area contributed by atoms with Crippen molar-refractivity contribution in [1.29, 1.82) is 0 Å². The highest BCUT2D eigenvalue weighted by molar-refractivity contribution is 6.31. The Morgan fingerprint density at radius 1 is 1.16 bits per heavy atom. The molecular weight excluding hydrogens is 510 g/mol. The molecule has 2 amide bonds. The van der Waals surface area contributed by atoms with E-state index in [4.69, 9.17) is 21.1 Å². The summed E-state index contributed by atoms with van der Waals surface area (Å²) in [7, 11) is 2.86. The first-order valence-corrected chi connectivity index (χ1v) is 12.0. The number of nitrogens with zero attached hydrogens (tertiary/aromatic N) is 4. The fraction of sp³-hybridized carbons (Fsp3) is 0.192. The molecule has 2 aromatic carbocycles. The second-order valence-electron chi connectivity index (χ2n) is 8.47. The topological polar surface area (TPSA) is 132 Å². The third-order valence-corrected chi connectivity index (χ3v) is 6.31. The highest BCUT2D eigenvalue weighted by Gasteiger charge is 2.33. The molecular formula is C26H24ClN7O4. The average Bonchev–Trinajstić information content (AvgIpc) is 3.38. The Labute approximate surface area is 222 Å². The van der Waals surface area contributed by atoms with Crippen molar-refractivity contribution in [3.8, 4) is 5.75 Å². The lowest BCUT2D eigenvalue weighted by atomic mass is 9.95. The molecule has 1 aliphatic rings. The minimum absolute atomic E-state index is 0.105. The lowest BCUT2D eigenvalue weighted by Crippen LogP contribution is -2.46. The van der Waals surface area contributed by atoms with Gasteiger partial charge in [0, 0.05) is 22.3 Å². The van der Waals surface area contributed by atoms with Crippen LogP contribution in [0.25, 0.3) is 10.9 Å². The number of ether oxygens (including phenoxy) is 2. The summed E-state index contributed by atoms with van der Waals surface area (Å²) in [4.78, 5) is 29.7. The van der Waals surface area contributed by atoms with Gasteiger partial charge in [0.05, 0.1) is 56.3 Å². The van der Waals surface area contributed by atoms with E-state index in [0.717, 1.165) is 16.6 Å². The standard InChI is InChI=1S/C26H24ClN7O4/c1-37-18-6-3-15(4-7-18)24-23(25(35)38-2)22(30-26(36)31-24)14-34-13-17(32-33-34)12-29-20-9-10-28-21-11-16(27)5-8-19(20)21/h3-11,13,24H,12,14H2,1-2H3,(H,28,29)(H2,30,31,36). The first-order chi connectivity index (χ1) is 18.4. The molecule has 5 rings (SSSR count). The zero-order valence-electron chi connectivity index (χ0n) is 20.6. The number of fused-ring (bicyclic) bond motifs is 1. The molecule has 0 radical (unpaired) electrons. The van der Waals surface area contributed by atoms with E-state index in [0.29, 0.717) is 34.3 Å². The van der Waals surface area contributed by atoms with Crippen molar-refractivity contribution in [1.82, 2.24) is 30.6 Å². The van der Waals surface area contributed by atoms with E-state index in [-0.39, 0.29) is 12.1 Å². The Hall–Kier alpha value is -4.64. The molecule has 3 heterocycles. The molecule has 194 valence electrons. The molecule has 0 bridgehead atoms. The summed E-state index contributed by atoms with van der Waals surface area (Å²) < 4.78 is 11.8. The lowest BCUT2D eigenvalue weighted by molar-refractivity contribution is -0.136. The molecule has 3 N–H and O–H groups in total. The molecule has 38 heavy (non-hydrogen) atoms. The highest BCUT2D eigenvalue weighted by atomic mass is 35.5. The van der Waals surface area contributed by atoms with E-state index in [1.807, 2.05) is 18.2 Å². The largest absolute Gasteiger partial charge is 0.497 e. The van der Waals surface area contributed by atoms with Crippen LogP contribution in [-0.2, 0) is 22.6 Å². The van der Waals surface area contributed by atoms with Crippen molar-refractivity contribution >= 4 is 40.2 Å². The van der Waals surface area contributed by atoms with Crippen LogP contribution in [0.15, 0.2) is 72.2 Å². The molecule has 0 spiro atoms. The third-order valence-electron chi connectivity index (χ3n) is 6.08. The summed E-state index contributed by atoms with van der Waals surface area (Å²) in [6, 6.07) is 13.3. The fourth-order valence-corrected chi connectivity index (χ4v) is 4.43. The zero-order valence-corrected chi connectivity index (χ0v) is 21.3. The summed E-state index contributed by atoms with van der Waals surface area (Å²) in [6.45, 7) is 0.501. The maximum Gasteiger partial charge on any atom is 0.338 e. The number of nitrogens with one attached hydrogen (secondary N) is 3. The molecule has 0 fully saturated rings. The van der Waals surface area contributed by atoms with Gasteiger partial charge < -0.3 is 25.4 Å². The number of pyridine rings is 1. The summed E-state index contributed by atoms with van der Waals surface area (Å²) in [6.07, 6.45) is 3.45. The maximum absolute atomic E-state index is 12.8. The fourth-order valence-electron chi connectivity index (χ4n) is 4.26. The number of carbonyl (C=O) groups is 2. The first-order valence-electron chi connectivity index (χ1n) is 11.6. The van der Waals surface area contributed by atoms with E-state index in [1.54, 1.807) is 54.5 Å². The molecule has 2 aromatic heterocycles. The average molecular weight is 534 g/mol. The number of esters is 1. The molecule has 12 heteroatoms. The Bertz CT molecular complexity index is 1530. The normalized spacial score (nSPS) is 15.1. The number of amides is 2. The number of rotatable bonds is 8. The number of hydrogen-bond donors (Lipinski definition) is 3. The van der Waals surface area contributed by atoms with Crippen LogP contribution in [0.3, 0.4) is 0 Å². The molecule has 0 saturated carbocycles. The third kappa shape index (κ3) is 5.23. The zero-order chi connectivity index (χ0) is 26.6. The van der Waals surface area contributed by atoms with Crippen molar-refractivity contribution in [3.05, 3.63) is 88.5 Å². The van der Waals surface area contributed by atoms with E-state index in [2.05, 4.69) is 31.2 Å². The lowest BCUT2D eigenvalue weighted by Gasteiger charge is -2.29. The Morgan fingerprint density at radius 3 is 2.74 bits per heavy atom. The van der Waals surface area contributed by atoms with Gasteiger partial charge in [-0.15, -0.1) is 5.10 Å². The SMILES string of the molecule is COC(=O)C1=C(Cn2cc(CNc3ccnc4cc(Cl)ccc34)nn2)NC(=O)NC1c1ccc(OC)cc1. The molecule has 1 unspecified atom stereocenters. The summed E-state index contributed by atoms with van der Waals surface area (Å²) in [5, 5.41) is 18.8. The predicted octanol–water partition coefficient (Wildman–Crippen LogP) is 3.58. The molecule has 0 saturated heterocycles. The van der Waals surface area contributed by atoms with Crippen molar-refractivity contribution in [2.45, 2.75) is 19.1 Å². The molecule has 4 aromatic rings. The van der Waals surface area contributed by atoms with Crippen LogP contribution in [0.4, 0.5) is 10.5 Å². The quantitative estimate of drug-likeness (QED) is 0.293. The van der Waals surface area contributed by atoms with Crippen molar-refractivity contribution in [2.75, 3.05) is 19.5 Å². The second-order valence-corrected chi connectivity index (χ2v) is 8.91. The van der Waals surface area contributed by atoms with Crippen molar-refractivity contribution in [2.24, 2.45) is 0 Å². The smallest absolute Gasteiger partial charge is 0.338 e. The monoisotopic (exact) mass is 533 g/mol. The molecule has 0 aliphatic carbocycles. The number of hydrogen-bond acceptors (Lipinski definition) is 8. The Balaban J connectivity index is 1.37. The van der Waals surface area contributed by atoms with Gasteiger partial charge in [0.2, 0.25) is 0 Å². The van der Waals surface area contributed by atoms with E-state index >= 15 is 0 Å². The van der Waals surface area contributed by atoms with Crippen LogP contribution in [0.5, 0.6) is 5.75 Å². The van der Waals surface area contributed by atoms with Gasteiger partial charge >= 0.3 is 12.0 Å².